The van der Waals surface area contributed by atoms with Crippen LogP contribution in [-0.4, -0.2) is 16.3 Å². The Labute approximate surface area is 187 Å². The zero-order valence-electron chi connectivity index (χ0n) is 17.2. The molecular weight excluding hydrogens is 410 g/mol. The highest BCUT2D eigenvalue weighted by Crippen LogP contribution is 2.27. The highest BCUT2D eigenvalue weighted by molar-refractivity contribution is 8.00. The van der Waals surface area contributed by atoms with E-state index in [4.69, 9.17) is 12.2 Å². The molecule has 3 N–H and O–H groups in total. The molecular formula is C24H25N3OS2. The van der Waals surface area contributed by atoms with Crippen LogP contribution in [0, 0.1) is 13.8 Å². The Kier molecular flexibility index (Phi) is 7.49. The van der Waals surface area contributed by atoms with Gasteiger partial charge in [0.1, 0.15) is 0 Å². The number of carbonyl (C=O) groups excluding carboxylic acids is 1. The highest BCUT2D eigenvalue weighted by atomic mass is 32.2. The lowest BCUT2D eigenvalue weighted by Gasteiger charge is -2.15. The molecule has 0 spiro atoms. The molecule has 0 aromatic heterocycles. The first kappa shape index (κ1) is 21.9. The SMILES string of the molecule is Cc1ccc(C)c(NC(=O)C(C)Sc2cccc(NC(=S)Nc3ccccc3)c2)c1. The molecule has 0 aliphatic carbocycles. The Bertz CT molecular complexity index is 1040. The van der Waals surface area contributed by atoms with Gasteiger partial charge in [-0.05, 0) is 80.5 Å². The molecule has 0 fully saturated rings. The molecule has 4 nitrogen and oxygen atoms in total. The van der Waals surface area contributed by atoms with Crippen LogP contribution in [0.3, 0.4) is 0 Å². The van der Waals surface area contributed by atoms with Crippen molar-refractivity contribution < 1.29 is 4.79 Å². The number of carbonyl (C=O) groups is 1. The van der Waals surface area contributed by atoms with Crippen LogP contribution in [0.1, 0.15) is 18.1 Å². The summed E-state index contributed by atoms with van der Waals surface area (Å²) < 4.78 is 0. The Balaban J connectivity index is 1.59. The first-order chi connectivity index (χ1) is 14.4. The second-order valence-corrected chi connectivity index (χ2v) is 8.86. The number of nitrogens with one attached hydrogen (secondary N) is 3. The van der Waals surface area contributed by atoms with Crippen LogP contribution in [0.2, 0.25) is 0 Å². The normalized spacial score (nSPS) is 11.4. The van der Waals surface area contributed by atoms with Crippen molar-refractivity contribution in [2.45, 2.75) is 30.9 Å². The number of benzene rings is 3. The van der Waals surface area contributed by atoms with Crippen molar-refractivity contribution in [1.29, 1.82) is 0 Å². The minimum Gasteiger partial charge on any atom is -0.332 e. The molecule has 30 heavy (non-hydrogen) atoms. The van der Waals surface area contributed by atoms with E-state index in [1.54, 1.807) is 0 Å². The summed E-state index contributed by atoms with van der Waals surface area (Å²) >= 11 is 6.90. The van der Waals surface area contributed by atoms with Gasteiger partial charge in [0.15, 0.2) is 5.11 Å². The van der Waals surface area contributed by atoms with E-state index in [0.29, 0.717) is 5.11 Å². The zero-order valence-corrected chi connectivity index (χ0v) is 18.9. The number of rotatable bonds is 6. The Morgan fingerprint density at radius 2 is 1.57 bits per heavy atom. The molecule has 6 heteroatoms. The third-order valence-corrected chi connectivity index (χ3v) is 5.75. The van der Waals surface area contributed by atoms with Gasteiger partial charge < -0.3 is 16.0 Å². The van der Waals surface area contributed by atoms with Crippen LogP contribution >= 0.6 is 24.0 Å². The fourth-order valence-corrected chi connectivity index (χ4v) is 3.99. The molecule has 1 amide bonds. The maximum atomic E-state index is 12.7. The Hall–Kier alpha value is -2.83. The molecule has 0 radical (unpaired) electrons. The van der Waals surface area contributed by atoms with Gasteiger partial charge in [-0.1, -0.05) is 36.4 Å². The maximum absolute atomic E-state index is 12.7. The van der Waals surface area contributed by atoms with Gasteiger partial charge >= 0.3 is 0 Å². The van der Waals surface area contributed by atoms with E-state index in [2.05, 4.69) is 16.0 Å². The summed E-state index contributed by atoms with van der Waals surface area (Å²) in [4.78, 5) is 13.7. The van der Waals surface area contributed by atoms with Crippen LogP contribution < -0.4 is 16.0 Å². The van der Waals surface area contributed by atoms with Crippen molar-refractivity contribution in [3.8, 4) is 0 Å². The van der Waals surface area contributed by atoms with E-state index < -0.39 is 0 Å². The van der Waals surface area contributed by atoms with E-state index in [1.807, 2.05) is 93.6 Å². The fraction of sp³-hybridized carbons (Fsp3) is 0.167. The average molecular weight is 436 g/mol. The predicted molar refractivity (Wildman–Crippen MR) is 133 cm³/mol. The summed E-state index contributed by atoms with van der Waals surface area (Å²) in [6.45, 7) is 5.92. The van der Waals surface area contributed by atoms with Crippen LogP contribution in [-0.2, 0) is 4.79 Å². The van der Waals surface area contributed by atoms with Crippen LogP contribution in [0.25, 0.3) is 0 Å². The fourth-order valence-electron chi connectivity index (χ4n) is 2.82. The van der Waals surface area contributed by atoms with E-state index in [-0.39, 0.29) is 11.2 Å². The van der Waals surface area contributed by atoms with E-state index in [0.717, 1.165) is 33.1 Å². The van der Waals surface area contributed by atoms with Crippen molar-refractivity contribution in [2.75, 3.05) is 16.0 Å². The molecule has 0 saturated carbocycles. The van der Waals surface area contributed by atoms with Crippen LogP contribution in [0.5, 0.6) is 0 Å². The first-order valence-electron chi connectivity index (χ1n) is 9.68. The smallest absolute Gasteiger partial charge is 0.237 e. The molecule has 3 rings (SSSR count). The van der Waals surface area contributed by atoms with E-state index in [9.17, 15) is 4.79 Å². The maximum Gasteiger partial charge on any atom is 0.237 e. The highest BCUT2D eigenvalue weighted by Gasteiger charge is 2.16. The quantitative estimate of drug-likeness (QED) is 0.316. The number of thiocarbonyl (C=S) groups is 1. The number of hydrogen-bond acceptors (Lipinski definition) is 3. The zero-order chi connectivity index (χ0) is 21.5. The molecule has 3 aromatic rings. The van der Waals surface area contributed by atoms with E-state index in [1.165, 1.54) is 11.8 Å². The monoisotopic (exact) mass is 435 g/mol. The van der Waals surface area contributed by atoms with Gasteiger partial charge in [0.25, 0.3) is 0 Å². The lowest BCUT2D eigenvalue weighted by Crippen LogP contribution is -2.23. The molecule has 0 saturated heterocycles. The minimum absolute atomic E-state index is 0.0201. The summed E-state index contributed by atoms with van der Waals surface area (Å²) in [6, 6.07) is 23.7. The number of para-hydroxylation sites is 1. The molecule has 1 unspecified atom stereocenters. The summed E-state index contributed by atoms with van der Waals surface area (Å²) in [6.07, 6.45) is 0. The second-order valence-electron chi connectivity index (χ2n) is 7.04. The lowest BCUT2D eigenvalue weighted by molar-refractivity contribution is -0.115. The van der Waals surface area contributed by atoms with Gasteiger partial charge in [0, 0.05) is 22.0 Å². The summed E-state index contributed by atoms with van der Waals surface area (Å²) in [5, 5.41) is 9.66. The van der Waals surface area contributed by atoms with Gasteiger partial charge in [0.2, 0.25) is 5.91 Å². The predicted octanol–water partition coefficient (Wildman–Crippen LogP) is 6.23. The summed E-state index contributed by atoms with van der Waals surface area (Å²) in [5.41, 5.74) is 4.83. The van der Waals surface area contributed by atoms with Gasteiger partial charge in [0.05, 0.1) is 5.25 Å². The lowest BCUT2D eigenvalue weighted by atomic mass is 10.1. The largest absolute Gasteiger partial charge is 0.332 e. The topological polar surface area (TPSA) is 53.2 Å². The third-order valence-electron chi connectivity index (χ3n) is 4.46. The molecule has 1 atom stereocenters. The molecule has 0 aliphatic heterocycles. The Morgan fingerprint density at radius 3 is 2.33 bits per heavy atom. The van der Waals surface area contributed by atoms with E-state index >= 15 is 0 Å². The minimum atomic E-state index is -0.241. The molecule has 0 aliphatic rings. The van der Waals surface area contributed by atoms with Crippen molar-refractivity contribution in [1.82, 2.24) is 0 Å². The van der Waals surface area contributed by atoms with Gasteiger partial charge in [-0.3, -0.25) is 4.79 Å². The van der Waals surface area contributed by atoms with Crippen molar-refractivity contribution in [3.63, 3.8) is 0 Å². The standard InChI is InChI=1S/C24H25N3OS2/c1-16-12-13-17(2)22(14-16)27-23(28)18(3)30-21-11-7-10-20(15-21)26-24(29)25-19-8-5-4-6-9-19/h4-15,18H,1-3H3,(H,27,28)(H2,25,26,29). The number of thioether (sulfide) groups is 1. The van der Waals surface area contributed by atoms with Crippen molar-refractivity contribution in [3.05, 3.63) is 83.9 Å². The molecule has 154 valence electrons. The number of aryl methyl sites for hydroxylation is 2. The molecule has 3 aromatic carbocycles. The molecule has 0 heterocycles. The van der Waals surface area contributed by atoms with Gasteiger partial charge in [-0.15, -0.1) is 11.8 Å². The van der Waals surface area contributed by atoms with Gasteiger partial charge in [-0.2, -0.15) is 0 Å². The van der Waals surface area contributed by atoms with Crippen molar-refractivity contribution in [2.24, 2.45) is 0 Å². The van der Waals surface area contributed by atoms with Gasteiger partial charge in [-0.25, -0.2) is 0 Å². The van der Waals surface area contributed by atoms with Crippen LogP contribution in [0.15, 0.2) is 77.7 Å². The van der Waals surface area contributed by atoms with Crippen LogP contribution in [0.4, 0.5) is 17.1 Å². The number of anilines is 3. The summed E-state index contributed by atoms with van der Waals surface area (Å²) in [5.74, 6) is -0.0201. The Morgan fingerprint density at radius 1 is 0.867 bits per heavy atom. The molecule has 0 bridgehead atoms. The number of amides is 1. The summed E-state index contributed by atoms with van der Waals surface area (Å²) in [7, 11) is 0. The third kappa shape index (κ3) is 6.34. The van der Waals surface area contributed by atoms with Crippen molar-refractivity contribution >= 4 is 52.1 Å². The number of hydrogen-bond donors (Lipinski definition) is 3. The first-order valence-corrected chi connectivity index (χ1v) is 11.0. The second kappa shape index (κ2) is 10.3. The average Bonchev–Trinajstić information content (AvgIpc) is 2.71.